The van der Waals surface area contributed by atoms with Crippen LogP contribution in [0.3, 0.4) is 0 Å². The van der Waals surface area contributed by atoms with E-state index in [2.05, 4.69) is 0 Å². The zero-order valence-corrected chi connectivity index (χ0v) is 12.1. The Morgan fingerprint density at radius 3 is 2.40 bits per heavy atom. The zero-order valence-electron chi connectivity index (χ0n) is 11.3. The first-order chi connectivity index (χ1) is 9.33. The van der Waals surface area contributed by atoms with Gasteiger partial charge in [-0.25, -0.2) is 0 Å². The van der Waals surface area contributed by atoms with E-state index in [-0.39, 0.29) is 22.8 Å². The molecule has 6 heteroatoms. The maximum Gasteiger partial charge on any atom is 0.253 e. The molecule has 0 aliphatic carbocycles. The predicted octanol–water partition coefficient (Wildman–Crippen LogP) is 1.63. The molecule has 1 amide bonds. The van der Waals surface area contributed by atoms with E-state index in [0.29, 0.717) is 23.6 Å². The number of piperidine rings is 1. The van der Waals surface area contributed by atoms with Crippen LogP contribution in [0.5, 0.6) is 11.5 Å². The number of thiocarbonyl (C=S) groups is 1. The molecule has 1 aliphatic heterocycles. The van der Waals surface area contributed by atoms with Crippen LogP contribution >= 0.6 is 12.2 Å². The first-order valence-corrected chi connectivity index (χ1v) is 6.85. The molecule has 0 radical (unpaired) electrons. The fraction of sp³-hybridized carbons (Fsp3) is 0.429. The third kappa shape index (κ3) is 2.70. The minimum Gasteiger partial charge on any atom is -0.504 e. The van der Waals surface area contributed by atoms with Crippen LogP contribution in [-0.4, -0.2) is 39.1 Å². The highest BCUT2D eigenvalue weighted by Gasteiger charge is 2.34. The van der Waals surface area contributed by atoms with Crippen molar-refractivity contribution in [3.05, 3.63) is 23.8 Å². The van der Waals surface area contributed by atoms with Gasteiger partial charge in [0.1, 0.15) is 0 Å². The normalized spacial score (nSPS) is 17.8. The van der Waals surface area contributed by atoms with Crippen molar-refractivity contribution in [2.45, 2.75) is 19.8 Å². The summed E-state index contributed by atoms with van der Waals surface area (Å²) in [6.07, 6.45) is 1.47. The van der Waals surface area contributed by atoms with Gasteiger partial charge in [0.05, 0.1) is 4.99 Å². The van der Waals surface area contributed by atoms with Gasteiger partial charge in [-0.1, -0.05) is 19.1 Å². The van der Waals surface area contributed by atoms with E-state index in [1.54, 1.807) is 4.90 Å². The third-order valence-electron chi connectivity index (χ3n) is 3.97. The third-order valence-corrected chi connectivity index (χ3v) is 4.46. The number of phenols is 2. The second kappa shape index (κ2) is 5.28. The molecule has 0 bridgehead atoms. The number of carbonyl (C=O) groups excluding carboxylic acids is 1. The summed E-state index contributed by atoms with van der Waals surface area (Å²) in [6, 6.07) is 4.09. The summed E-state index contributed by atoms with van der Waals surface area (Å²) in [4.78, 5) is 14.5. The van der Waals surface area contributed by atoms with Crippen molar-refractivity contribution in [1.82, 2.24) is 4.90 Å². The summed E-state index contributed by atoms with van der Waals surface area (Å²) < 4.78 is 0. The first kappa shape index (κ1) is 14.6. The van der Waals surface area contributed by atoms with Crippen LogP contribution in [0.2, 0.25) is 0 Å². The molecule has 0 aromatic heterocycles. The van der Waals surface area contributed by atoms with Gasteiger partial charge in [-0.2, -0.15) is 0 Å². The van der Waals surface area contributed by atoms with E-state index in [9.17, 15) is 15.0 Å². The molecule has 20 heavy (non-hydrogen) atoms. The van der Waals surface area contributed by atoms with Crippen molar-refractivity contribution >= 4 is 23.1 Å². The van der Waals surface area contributed by atoms with E-state index in [1.807, 2.05) is 6.92 Å². The largest absolute Gasteiger partial charge is 0.504 e. The number of amides is 1. The minimum absolute atomic E-state index is 0.162. The number of benzene rings is 1. The lowest BCUT2D eigenvalue weighted by Crippen LogP contribution is -2.46. The van der Waals surface area contributed by atoms with Crippen LogP contribution in [0.25, 0.3) is 0 Å². The number of hydrogen-bond donors (Lipinski definition) is 3. The highest BCUT2D eigenvalue weighted by atomic mass is 32.1. The number of aromatic hydroxyl groups is 2. The van der Waals surface area contributed by atoms with Gasteiger partial charge in [0, 0.05) is 24.1 Å². The van der Waals surface area contributed by atoms with Gasteiger partial charge in [0.2, 0.25) is 0 Å². The average molecular weight is 294 g/mol. The van der Waals surface area contributed by atoms with E-state index in [1.165, 1.54) is 18.2 Å². The van der Waals surface area contributed by atoms with Gasteiger partial charge in [-0.15, -0.1) is 0 Å². The van der Waals surface area contributed by atoms with E-state index in [0.717, 1.165) is 12.8 Å². The number of carbonyl (C=O) groups is 1. The van der Waals surface area contributed by atoms with Gasteiger partial charge in [0.25, 0.3) is 5.91 Å². The Bertz CT molecular complexity index is 551. The molecule has 0 atom stereocenters. The lowest BCUT2D eigenvalue weighted by molar-refractivity contribution is 0.0670. The molecule has 108 valence electrons. The Balaban J connectivity index is 2.08. The average Bonchev–Trinajstić information content (AvgIpc) is 2.42. The summed E-state index contributed by atoms with van der Waals surface area (Å²) in [5.74, 6) is -0.688. The molecule has 1 aromatic rings. The van der Waals surface area contributed by atoms with Crippen LogP contribution in [-0.2, 0) is 0 Å². The van der Waals surface area contributed by atoms with Crippen LogP contribution in [0, 0.1) is 5.41 Å². The van der Waals surface area contributed by atoms with Crippen molar-refractivity contribution in [3.8, 4) is 11.5 Å². The van der Waals surface area contributed by atoms with Crippen LogP contribution in [0.1, 0.15) is 30.1 Å². The SMILES string of the molecule is CC1(C(N)=S)CCN(C(=O)c2ccc(O)c(O)c2)CC1. The smallest absolute Gasteiger partial charge is 0.253 e. The van der Waals surface area contributed by atoms with Crippen molar-refractivity contribution in [1.29, 1.82) is 0 Å². The highest BCUT2D eigenvalue weighted by Crippen LogP contribution is 2.32. The summed E-state index contributed by atoms with van der Waals surface area (Å²) in [7, 11) is 0. The zero-order chi connectivity index (χ0) is 14.9. The molecule has 1 aliphatic rings. The van der Waals surface area contributed by atoms with Gasteiger partial charge in [0.15, 0.2) is 11.5 Å². The monoisotopic (exact) mass is 294 g/mol. The Kier molecular flexibility index (Phi) is 3.85. The van der Waals surface area contributed by atoms with Gasteiger partial charge < -0.3 is 20.8 Å². The lowest BCUT2D eigenvalue weighted by atomic mass is 9.80. The number of hydrogen-bond acceptors (Lipinski definition) is 4. The van der Waals surface area contributed by atoms with Gasteiger partial charge in [-0.3, -0.25) is 4.79 Å². The second-order valence-corrected chi connectivity index (χ2v) is 5.86. The van der Waals surface area contributed by atoms with E-state index in [4.69, 9.17) is 18.0 Å². The summed E-state index contributed by atoms with van der Waals surface area (Å²) in [6.45, 7) is 3.17. The summed E-state index contributed by atoms with van der Waals surface area (Å²) >= 11 is 5.07. The number of likely N-dealkylation sites (tertiary alicyclic amines) is 1. The van der Waals surface area contributed by atoms with Crippen LogP contribution < -0.4 is 5.73 Å². The molecule has 0 spiro atoms. The van der Waals surface area contributed by atoms with Crippen LogP contribution in [0.15, 0.2) is 18.2 Å². The summed E-state index contributed by atoms with van der Waals surface area (Å²) in [5.41, 5.74) is 5.91. The van der Waals surface area contributed by atoms with Crippen molar-refractivity contribution in [2.24, 2.45) is 11.1 Å². The Morgan fingerprint density at radius 1 is 1.30 bits per heavy atom. The Morgan fingerprint density at radius 2 is 1.90 bits per heavy atom. The molecule has 5 nitrogen and oxygen atoms in total. The molecular formula is C14H18N2O3S. The summed E-state index contributed by atoms with van der Waals surface area (Å²) in [5, 5.41) is 18.7. The van der Waals surface area contributed by atoms with Gasteiger partial charge in [-0.05, 0) is 31.0 Å². The molecule has 1 fully saturated rings. The molecule has 1 heterocycles. The molecule has 0 unspecified atom stereocenters. The highest BCUT2D eigenvalue weighted by molar-refractivity contribution is 7.80. The fourth-order valence-electron chi connectivity index (χ4n) is 2.29. The Hall–Kier alpha value is -1.82. The van der Waals surface area contributed by atoms with Crippen LogP contribution in [0.4, 0.5) is 0 Å². The predicted molar refractivity (Wildman–Crippen MR) is 79.8 cm³/mol. The number of nitrogens with two attached hydrogens (primary N) is 1. The quantitative estimate of drug-likeness (QED) is 0.570. The number of nitrogens with zero attached hydrogens (tertiary/aromatic N) is 1. The lowest BCUT2D eigenvalue weighted by Gasteiger charge is -2.38. The molecule has 1 saturated heterocycles. The molecule has 0 saturated carbocycles. The topological polar surface area (TPSA) is 86.8 Å². The van der Waals surface area contributed by atoms with Gasteiger partial charge >= 0.3 is 0 Å². The maximum atomic E-state index is 12.3. The van der Waals surface area contributed by atoms with E-state index >= 15 is 0 Å². The molecular weight excluding hydrogens is 276 g/mol. The van der Waals surface area contributed by atoms with Crippen molar-refractivity contribution in [2.75, 3.05) is 13.1 Å². The number of rotatable bonds is 2. The number of phenolic OH excluding ortho intramolecular Hbond substituents is 2. The van der Waals surface area contributed by atoms with Crippen molar-refractivity contribution < 1.29 is 15.0 Å². The van der Waals surface area contributed by atoms with Crippen molar-refractivity contribution in [3.63, 3.8) is 0 Å². The molecule has 4 N–H and O–H groups in total. The standard InChI is InChI=1S/C14H18N2O3S/c1-14(13(15)20)4-6-16(7-5-14)12(19)9-2-3-10(17)11(18)8-9/h2-3,8,17-18H,4-7H2,1H3,(H2,15,20). The minimum atomic E-state index is -0.291. The fourth-order valence-corrected chi connectivity index (χ4v) is 2.49. The van der Waals surface area contributed by atoms with E-state index < -0.39 is 0 Å². The molecule has 2 rings (SSSR count). The second-order valence-electron chi connectivity index (χ2n) is 5.42. The first-order valence-electron chi connectivity index (χ1n) is 6.45. The molecule has 1 aromatic carbocycles. The Labute approximate surface area is 123 Å². The maximum absolute atomic E-state index is 12.3.